The van der Waals surface area contributed by atoms with E-state index in [9.17, 15) is 4.39 Å². The zero-order valence-corrected chi connectivity index (χ0v) is 14.2. The molecule has 130 valence electrons. The van der Waals surface area contributed by atoms with Crippen molar-refractivity contribution in [3.8, 4) is 0 Å². The van der Waals surface area contributed by atoms with Crippen LogP contribution in [0.15, 0.2) is 79.4 Å². The average molecular weight is 346 g/mol. The zero-order chi connectivity index (χ0) is 17.8. The SMILES string of the molecule is Fc1ccc(C(Cn2cnc3ccccc32)NCc2ccncc2)cc1. The van der Waals surface area contributed by atoms with Gasteiger partial charge >= 0.3 is 0 Å². The van der Waals surface area contributed by atoms with Crippen molar-refractivity contribution in [2.24, 2.45) is 0 Å². The molecule has 0 amide bonds. The minimum Gasteiger partial charge on any atom is -0.329 e. The molecule has 4 rings (SSSR count). The van der Waals surface area contributed by atoms with Crippen LogP contribution in [0.1, 0.15) is 17.2 Å². The van der Waals surface area contributed by atoms with Crippen molar-refractivity contribution >= 4 is 11.0 Å². The Hall–Kier alpha value is -3.05. The molecule has 0 aliphatic heterocycles. The summed E-state index contributed by atoms with van der Waals surface area (Å²) in [7, 11) is 0. The summed E-state index contributed by atoms with van der Waals surface area (Å²) in [6.45, 7) is 1.41. The number of hydrogen-bond donors (Lipinski definition) is 1. The Morgan fingerprint density at radius 2 is 1.73 bits per heavy atom. The molecule has 2 aromatic carbocycles. The van der Waals surface area contributed by atoms with Crippen LogP contribution in [0.25, 0.3) is 11.0 Å². The Labute approximate surface area is 151 Å². The molecule has 1 atom stereocenters. The number of para-hydroxylation sites is 2. The fourth-order valence-corrected chi connectivity index (χ4v) is 3.08. The minimum absolute atomic E-state index is 0.0290. The molecule has 26 heavy (non-hydrogen) atoms. The van der Waals surface area contributed by atoms with Crippen molar-refractivity contribution in [1.82, 2.24) is 19.9 Å². The van der Waals surface area contributed by atoms with E-state index in [1.165, 1.54) is 12.1 Å². The van der Waals surface area contributed by atoms with Crippen LogP contribution in [0, 0.1) is 5.82 Å². The van der Waals surface area contributed by atoms with Crippen molar-refractivity contribution in [3.63, 3.8) is 0 Å². The molecule has 0 aliphatic carbocycles. The lowest BCUT2D eigenvalue weighted by molar-refractivity contribution is 0.466. The molecule has 0 radical (unpaired) electrons. The average Bonchev–Trinajstić information content (AvgIpc) is 3.10. The largest absolute Gasteiger partial charge is 0.329 e. The first-order valence-electron chi connectivity index (χ1n) is 8.57. The Balaban J connectivity index is 1.60. The standard InChI is InChI=1S/C21H19FN4/c22-18-7-5-17(6-8-18)20(24-13-16-9-11-23-12-10-16)14-26-15-25-19-3-1-2-4-21(19)26/h1-12,15,20,24H,13-14H2. The summed E-state index contributed by atoms with van der Waals surface area (Å²) in [5.74, 6) is -0.227. The summed E-state index contributed by atoms with van der Waals surface area (Å²) >= 11 is 0. The van der Waals surface area contributed by atoms with Crippen LogP contribution in [0.2, 0.25) is 0 Å². The number of fused-ring (bicyclic) bond motifs is 1. The molecule has 1 unspecified atom stereocenters. The number of nitrogens with one attached hydrogen (secondary N) is 1. The predicted octanol–water partition coefficient (Wildman–Crippen LogP) is 4.10. The monoisotopic (exact) mass is 346 g/mol. The second kappa shape index (κ2) is 7.45. The third kappa shape index (κ3) is 3.63. The van der Waals surface area contributed by atoms with Crippen LogP contribution in [-0.2, 0) is 13.1 Å². The third-order valence-electron chi connectivity index (χ3n) is 4.48. The van der Waals surface area contributed by atoms with E-state index in [1.54, 1.807) is 12.4 Å². The van der Waals surface area contributed by atoms with Crippen LogP contribution in [0.4, 0.5) is 4.39 Å². The number of nitrogens with zero attached hydrogens (tertiary/aromatic N) is 3. The van der Waals surface area contributed by atoms with Crippen LogP contribution in [0.5, 0.6) is 0 Å². The van der Waals surface area contributed by atoms with Gasteiger partial charge in [-0.3, -0.25) is 4.98 Å². The first-order valence-corrected chi connectivity index (χ1v) is 8.57. The first-order chi connectivity index (χ1) is 12.8. The van der Waals surface area contributed by atoms with E-state index in [2.05, 4.69) is 25.9 Å². The highest BCUT2D eigenvalue weighted by molar-refractivity contribution is 5.74. The summed E-state index contributed by atoms with van der Waals surface area (Å²) in [6.07, 6.45) is 5.43. The summed E-state index contributed by atoms with van der Waals surface area (Å²) in [6, 6.07) is 18.7. The van der Waals surface area contributed by atoms with Gasteiger partial charge in [-0.1, -0.05) is 24.3 Å². The lowest BCUT2D eigenvalue weighted by Crippen LogP contribution is -2.25. The predicted molar refractivity (Wildman–Crippen MR) is 100.0 cm³/mol. The number of rotatable bonds is 6. The van der Waals surface area contributed by atoms with Crippen molar-refractivity contribution in [2.75, 3.05) is 0 Å². The summed E-state index contributed by atoms with van der Waals surface area (Å²) < 4.78 is 15.5. The molecule has 4 nitrogen and oxygen atoms in total. The smallest absolute Gasteiger partial charge is 0.123 e. The molecule has 0 aliphatic rings. The van der Waals surface area contributed by atoms with E-state index in [0.29, 0.717) is 13.1 Å². The van der Waals surface area contributed by atoms with Gasteiger partial charge in [0.1, 0.15) is 5.82 Å². The molecule has 0 saturated carbocycles. The zero-order valence-electron chi connectivity index (χ0n) is 14.2. The number of imidazole rings is 1. The Morgan fingerprint density at radius 3 is 2.54 bits per heavy atom. The van der Waals surface area contributed by atoms with E-state index in [1.807, 2.05) is 48.8 Å². The maximum absolute atomic E-state index is 13.3. The molecule has 2 aromatic heterocycles. The Bertz CT molecular complexity index is 980. The van der Waals surface area contributed by atoms with Gasteiger partial charge in [0.15, 0.2) is 0 Å². The molecule has 0 spiro atoms. The van der Waals surface area contributed by atoms with Gasteiger partial charge in [0, 0.05) is 25.5 Å². The van der Waals surface area contributed by atoms with Crippen molar-refractivity contribution < 1.29 is 4.39 Å². The van der Waals surface area contributed by atoms with Crippen LogP contribution in [-0.4, -0.2) is 14.5 Å². The van der Waals surface area contributed by atoms with Gasteiger partial charge in [-0.05, 0) is 47.5 Å². The normalized spacial score (nSPS) is 12.3. The van der Waals surface area contributed by atoms with Gasteiger partial charge in [0.05, 0.1) is 23.4 Å². The number of benzene rings is 2. The summed E-state index contributed by atoms with van der Waals surface area (Å²) in [4.78, 5) is 8.52. The topological polar surface area (TPSA) is 42.7 Å². The second-order valence-corrected chi connectivity index (χ2v) is 6.23. The van der Waals surface area contributed by atoms with Crippen molar-refractivity contribution in [2.45, 2.75) is 19.1 Å². The van der Waals surface area contributed by atoms with E-state index < -0.39 is 0 Å². The lowest BCUT2D eigenvalue weighted by Gasteiger charge is -2.20. The highest BCUT2D eigenvalue weighted by Crippen LogP contribution is 2.20. The molecular formula is C21H19FN4. The molecule has 1 N–H and O–H groups in total. The second-order valence-electron chi connectivity index (χ2n) is 6.23. The van der Waals surface area contributed by atoms with Crippen LogP contribution in [0.3, 0.4) is 0 Å². The highest BCUT2D eigenvalue weighted by atomic mass is 19.1. The van der Waals surface area contributed by atoms with E-state index in [4.69, 9.17) is 0 Å². The third-order valence-corrected chi connectivity index (χ3v) is 4.48. The molecule has 2 heterocycles. The number of hydrogen-bond acceptors (Lipinski definition) is 3. The van der Waals surface area contributed by atoms with E-state index in [-0.39, 0.29) is 11.9 Å². The van der Waals surface area contributed by atoms with Crippen molar-refractivity contribution in [1.29, 1.82) is 0 Å². The Kier molecular flexibility index (Phi) is 4.71. The number of pyridine rings is 1. The summed E-state index contributed by atoms with van der Waals surface area (Å²) in [5.41, 5.74) is 4.26. The maximum Gasteiger partial charge on any atom is 0.123 e. The minimum atomic E-state index is -0.227. The Morgan fingerprint density at radius 1 is 0.962 bits per heavy atom. The fourth-order valence-electron chi connectivity index (χ4n) is 3.08. The maximum atomic E-state index is 13.3. The molecule has 0 fully saturated rings. The van der Waals surface area contributed by atoms with E-state index >= 15 is 0 Å². The fraction of sp³-hybridized carbons (Fsp3) is 0.143. The van der Waals surface area contributed by atoms with E-state index in [0.717, 1.165) is 22.2 Å². The molecule has 0 bridgehead atoms. The number of halogens is 1. The lowest BCUT2D eigenvalue weighted by atomic mass is 10.1. The molecule has 4 aromatic rings. The number of aromatic nitrogens is 3. The first kappa shape index (κ1) is 16.4. The van der Waals surface area contributed by atoms with Crippen LogP contribution < -0.4 is 5.32 Å². The van der Waals surface area contributed by atoms with Gasteiger partial charge in [-0.2, -0.15) is 0 Å². The van der Waals surface area contributed by atoms with Crippen LogP contribution >= 0.6 is 0 Å². The quantitative estimate of drug-likeness (QED) is 0.571. The molecule has 5 heteroatoms. The van der Waals surface area contributed by atoms with Crippen molar-refractivity contribution in [3.05, 3.63) is 96.3 Å². The van der Waals surface area contributed by atoms with Gasteiger partial charge in [-0.25, -0.2) is 9.37 Å². The highest BCUT2D eigenvalue weighted by Gasteiger charge is 2.14. The van der Waals surface area contributed by atoms with Gasteiger partial charge in [0.2, 0.25) is 0 Å². The molecule has 0 saturated heterocycles. The summed E-state index contributed by atoms with van der Waals surface area (Å²) in [5, 5.41) is 3.58. The van der Waals surface area contributed by atoms with Gasteiger partial charge in [0.25, 0.3) is 0 Å². The van der Waals surface area contributed by atoms with Gasteiger partial charge < -0.3 is 9.88 Å². The van der Waals surface area contributed by atoms with Gasteiger partial charge in [-0.15, -0.1) is 0 Å². The molecular weight excluding hydrogens is 327 g/mol.